The van der Waals surface area contributed by atoms with Gasteiger partial charge in [-0.15, -0.1) is 0 Å². The van der Waals surface area contributed by atoms with Crippen molar-refractivity contribution in [2.24, 2.45) is 4.99 Å². The number of aromatic nitrogens is 2. The number of aliphatic hydroxyl groups is 1. The van der Waals surface area contributed by atoms with Crippen molar-refractivity contribution in [3.63, 3.8) is 0 Å². The molecule has 1 saturated carbocycles. The second-order valence-corrected chi connectivity index (χ2v) is 7.73. The van der Waals surface area contributed by atoms with Gasteiger partial charge in [-0.25, -0.2) is 9.78 Å². The van der Waals surface area contributed by atoms with Crippen molar-refractivity contribution in [3.05, 3.63) is 18.2 Å². The van der Waals surface area contributed by atoms with Crippen molar-refractivity contribution in [2.45, 2.75) is 56.0 Å². The number of thioether (sulfide) groups is 1. The van der Waals surface area contributed by atoms with Crippen LogP contribution in [0.3, 0.4) is 0 Å². The second kappa shape index (κ2) is 7.16. The molecule has 1 fully saturated rings. The fourth-order valence-electron chi connectivity index (χ4n) is 3.76. The van der Waals surface area contributed by atoms with Crippen molar-refractivity contribution in [1.82, 2.24) is 9.55 Å². The zero-order valence-electron chi connectivity index (χ0n) is 15.5. The molecule has 2 heterocycles. The molecule has 7 nitrogen and oxygen atoms in total. The van der Waals surface area contributed by atoms with Crippen LogP contribution in [0.4, 0.5) is 0 Å². The molecule has 1 atom stereocenters. The van der Waals surface area contributed by atoms with E-state index in [1.54, 1.807) is 20.1 Å². The molecular weight excluding hydrogens is 366 g/mol. The maximum atomic E-state index is 12.9. The molecule has 1 aromatic heterocycles. The van der Waals surface area contributed by atoms with Crippen LogP contribution >= 0.6 is 11.8 Å². The Hall–Kier alpha value is -2.06. The first kappa shape index (κ1) is 18.3. The van der Waals surface area contributed by atoms with Gasteiger partial charge in [-0.05, 0) is 43.7 Å². The fraction of sp³-hybridized carbons (Fsp3) is 0.526. The Labute approximate surface area is 161 Å². The number of ether oxygens (including phenoxy) is 2. The van der Waals surface area contributed by atoms with Gasteiger partial charge in [-0.3, -0.25) is 9.56 Å². The number of carbonyl (C=O) groups excluding carboxylic acids is 1. The monoisotopic (exact) mass is 389 g/mol. The molecule has 0 saturated heterocycles. The molecule has 1 unspecified atom stereocenters. The van der Waals surface area contributed by atoms with Gasteiger partial charge in [0.2, 0.25) is 0 Å². The van der Waals surface area contributed by atoms with Crippen LogP contribution in [-0.2, 0) is 15.3 Å². The smallest absolute Gasteiger partial charge is 0.367 e. The predicted octanol–water partition coefficient (Wildman–Crippen LogP) is 3.09. The zero-order chi connectivity index (χ0) is 19.0. The van der Waals surface area contributed by atoms with Crippen LogP contribution in [0.1, 0.15) is 39.0 Å². The van der Waals surface area contributed by atoms with Gasteiger partial charge >= 0.3 is 5.97 Å². The highest BCUT2D eigenvalue weighted by atomic mass is 32.2. The van der Waals surface area contributed by atoms with Gasteiger partial charge in [-0.1, -0.05) is 25.3 Å². The summed E-state index contributed by atoms with van der Waals surface area (Å²) in [6.07, 6.45) is 5.38. The molecule has 1 N–H and O–H groups in total. The van der Waals surface area contributed by atoms with Crippen LogP contribution < -0.4 is 4.74 Å². The number of methoxy groups -OCH3 is 1. The van der Waals surface area contributed by atoms with E-state index < -0.39 is 11.7 Å². The van der Waals surface area contributed by atoms with E-state index in [0.717, 1.165) is 25.7 Å². The van der Waals surface area contributed by atoms with Crippen molar-refractivity contribution in [1.29, 1.82) is 0 Å². The Balaban J connectivity index is 1.88. The lowest BCUT2D eigenvalue weighted by atomic mass is 9.96. The minimum absolute atomic E-state index is 0.111. The third-order valence-electron chi connectivity index (χ3n) is 5.07. The van der Waals surface area contributed by atoms with Gasteiger partial charge in [0, 0.05) is 0 Å². The van der Waals surface area contributed by atoms with E-state index in [9.17, 15) is 9.90 Å². The van der Waals surface area contributed by atoms with Crippen LogP contribution in [0.5, 0.6) is 5.75 Å². The summed E-state index contributed by atoms with van der Waals surface area (Å²) in [5.74, 6) is -0.204. The topological polar surface area (TPSA) is 85.9 Å². The quantitative estimate of drug-likeness (QED) is 0.809. The highest BCUT2D eigenvalue weighted by molar-refractivity contribution is 8.14. The first-order valence-corrected chi connectivity index (χ1v) is 10.1. The third-order valence-corrected chi connectivity index (χ3v) is 6.11. The molecule has 0 bridgehead atoms. The van der Waals surface area contributed by atoms with Gasteiger partial charge in [0.25, 0.3) is 5.72 Å². The Morgan fingerprint density at radius 1 is 1.41 bits per heavy atom. The van der Waals surface area contributed by atoms with Crippen LogP contribution in [0, 0.1) is 0 Å². The number of nitrogens with zero attached hydrogens (tertiary/aromatic N) is 3. The Morgan fingerprint density at radius 3 is 2.89 bits per heavy atom. The first-order valence-electron chi connectivity index (χ1n) is 9.31. The summed E-state index contributed by atoms with van der Waals surface area (Å²) in [6.45, 7) is 1.89. The van der Waals surface area contributed by atoms with E-state index in [0.29, 0.717) is 27.0 Å². The van der Waals surface area contributed by atoms with Crippen LogP contribution in [0.15, 0.2) is 28.3 Å². The number of imidazole rings is 1. The van der Waals surface area contributed by atoms with Crippen LogP contribution in [0.25, 0.3) is 11.0 Å². The fourth-order valence-corrected chi connectivity index (χ4v) is 4.91. The number of fused-ring (bicyclic) bond motifs is 3. The van der Waals surface area contributed by atoms with Crippen molar-refractivity contribution in [2.75, 3.05) is 13.7 Å². The normalized spacial score (nSPS) is 24.3. The molecule has 4 rings (SSSR count). The molecule has 27 heavy (non-hydrogen) atoms. The summed E-state index contributed by atoms with van der Waals surface area (Å²) < 4.78 is 12.2. The van der Waals surface area contributed by atoms with E-state index in [4.69, 9.17) is 14.5 Å². The number of aliphatic imine (C=N–C) groups is 1. The molecule has 2 aliphatic rings. The molecule has 1 aliphatic carbocycles. The van der Waals surface area contributed by atoms with Gasteiger partial charge in [0.05, 0.1) is 25.3 Å². The molecule has 8 heteroatoms. The lowest BCUT2D eigenvalue weighted by molar-refractivity contribution is -0.165. The van der Waals surface area contributed by atoms with Crippen molar-refractivity contribution < 1.29 is 19.4 Å². The molecule has 0 spiro atoms. The first-order chi connectivity index (χ1) is 13.1. The number of benzene rings is 1. The van der Waals surface area contributed by atoms with Gasteiger partial charge in [0.15, 0.2) is 5.16 Å². The largest absolute Gasteiger partial charge is 0.494 e. The van der Waals surface area contributed by atoms with Crippen molar-refractivity contribution in [3.8, 4) is 5.75 Å². The number of carbonyl (C=O) groups is 1. The highest BCUT2D eigenvalue weighted by Gasteiger charge is 2.54. The van der Waals surface area contributed by atoms with Gasteiger partial charge in [0.1, 0.15) is 16.3 Å². The number of hydrogen-bond donors (Lipinski definition) is 1. The van der Waals surface area contributed by atoms with Gasteiger partial charge < -0.3 is 14.6 Å². The average molecular weight is 389 g/mol. The summed E-state index contributed by atoms with van der Waals surface area (Å²) in [5, 5.41) is 12.4. The molecule has 144 valence electrons. The summed E-state index contributed by atoms with van der Waals surface area (Å²) in [5.41, 5.74) is -0.806. The SMILES string of the molecule is CCOC(=O)C1(O)C(=NC2CCCCC2)Sc2nc3cccc(OC)c3n21. The molecule has 0 amide bonds. The summed E-state index contributed by atoms with van der Waals surface area (Å²) in [7, 11) is 1.55. The summed E-state index contributed by atoms with van der Waals surface area (Å²) >= 11 is 1.23. The Kier molecular flexibility index (Phi) is 4.86. The second-order valence-electron chi connectivity index (χ2n) is 6.78. The van der Waals surface area contributed by atoms with E-state index in [2.05, 4.69) is 4.98 Å². The maximum absolute atomic E-state index is 12.9. The number of para-hydroxylation sites is 1. The van der Waals surface area contributed by atoms with E-state index >= 15 is 0 Å². The summed E-state index contributed by atoms with van der Waals surface area (Å²) in [4.78, 5) is 22.2. The Morgan fingerprint density at radius 2 is 2.19 bits per heavy atom. The number of hydrogen-bond acceptors (Lipinski definition) is 7. The molecule has 1 aliphatic heterocycles. The zero-order valence-corrected chi connectivity index (χ0v) is 16.3. The minimum Gasteiger partial charge on any atom is -0.494 e. The van der Waals surface area contributed by atoms with E-state index in [-0.39, 0.29) is 12.6 Å². The highest BCUT2D eigenvalue weighted by Crippen LogP contribution is 2.45. The minimum atomic E-state index is -2.02. The molecule has 1 aromatic carbocycles. The lowest BCUT2D eigenvalue weighted by Gasteiger charge is -2.26. The van der Waals surface area contributed by atoms with Crippen LogP contribution in [-0.4, -0.2) is 45.4 Å². The summed E-state index contributed by atoms with van der Waals surface area (Å²) in [6, 6.07) is 5.55. The standard InChI is InChI=1S/C19H23N3O4S/c1-3-26-17(23)19(24)16(20-12-8-5-4-6-9-12)27-18-21-13-10-7-11-14(25-2)15(13)22(18)19/h7,10-12,24H,3-6,8-9H2,1-2H3. The van der Waals surface area contributed by atoms with E-state index in [1.807, 2.05) is 12.1 Å². The van der Waals surface area contributed by atoms with Gasteiger partial charge in [-0.2, -0.15) is 0 Å². The number of rotatable bonds is 4. The Bertz CT molecular complexity index is 904. The maximum Gasteiger partial charge on any atom is 0.367 e. The van der Waals surface area contributed by atoms with E-state index in [1.165, 1.54) is 22.7 Å². The predicted molar refractivity (Wildman–Crippen MR) is 103 cm³/mol. The average Bonchev–Trinajstić information content (AvgIpc) is 3.18. The van der Waals surface area contributed by atoms with Crippen molar-refractivity contribution >= 4 is 33.8 Å². The third kappa shape index (κ3) is 2.91. The molecule has 2 aromatic rings. The molecular formula is C19H23N3O4S. The molecule has 0 radical (unpaired) electrons. The number of esters is 1. The lowest BCUT2D eigenvalue weighted by Crippen LogP contribution is -2.46. The van der Waals surface area contributed by atoms with Crippen LogP contribution in [0.2, 0.25) is 0 Å².